The largest absolute Gasteiger partial charge is 0.497 e. The summed E-state index contributed by atoms with van der Waals surface area (Å²) in [5.41, 5.74) is 1.31. The molecule has 2 nitrogen and oxygen atoms in total. The predicted octanol–water partition coefficient (Wildman–Crippen LogP) is 2.62. The maximum absolute atomic E-state index is 5.51. The molecule has 1 N–H and O–H groups in total. The standard InChI is InChI=1S/C13H18ClNO/c1-16-13-6-4-12(5-7-13)8-11-15-10-3-2-9-14/h2-7,15H,8-11H2,1H3/b3-2+. The van der Waals surface area contributed by atoms with Crippen molar-refractivity contribution in [3.8, 4) is 5.75 Å². The van der Waals surface area contributed by atoms with Crippen molar-refractivity contribution >= 4 is 11.6 Å². The van der Waals surface area contributed by atoms with E-state index in [1.165, 1.54) is 5.56 Å². The molecule has 0 aliphatic heterocycles. The van der Waals surface area contributed by atoms with Gasteiger partial charge in [0.15, 0.2) is 0 Å². The quantitative estimate of drug-likeness (QED) is 0.449. The molecule has 0 bridgehead atoms. The molecule has 0 saturated heterocycles. The molecule has 16 heavy (non-hydrogen) atoms. The SMILES string of the molecule is COc1ccc(CCNC/C=C/CCl)cc1. The van der Waals surface area contributed by atoms with Crippen molar-refractivity contribution in [2.24, 2.45) is 0 Å². The van der Waals surface area contributed by atoms with Crippen molar-refractivity contribution in [3.05, 3.63) is 42.0 Å². The molecular formula is C13H18ClNO. The van der Waals surface area contributed by atoms with Crippen molar-refractivity contribution in [2.45, 2.75) is 6.42 Å². The number of benzene rings is 1. The Morgan fingerprint density at radius 1 is 1.25 bits per heavy atom. The summed E-state index contributed by atoms with van der Waals surface area (Å²) in [6.45, 7) is 1.85. The zero-order valence-electron chi connectivity index (χ0n) is 9.58. The van der Waals surface area contributed by atoms with Crippen LogP contribution in [0.2, 0.25) is 0 Å². The van der Waals surface area contributed by atoms with Crippen molar-refractivity contribution in [3.63, 3.8) is 0 Å². The van der Waals surface area contributed by atoms with Gasteiger partial charge < -0.3 is 10.1 Å². The molecule has 0 aromatic heterocycles. The van der Waals surface area contributed by atoms with Gasteiger partial charge >= 0.3 is 0 Å². The molecule has 0 fully saturated rings. The number of rotatable bonds is 7. The fraction of sp³-hybridized carbons (Fsp3) is 0.385. The van der Waals surface area contributed by atoms with Crippen LogP contribution in [0, 0.1) is 0 Å². The molecule has 1 rings (SSSR count). The van der Waals surface area contributed by atoms with Gasteiger partial charge in [-0.05, 0) is 30.7 Å². The Balaban J connectivity index is 2.19. The second-order valence-corrected chi connectivity index (χ2v) is 3.74. The third kappa shape index (κ3) is 5.19. The maximum atomic E-state index is 5.51. The third-order valence-corrected chi connectivity index (χ3v) is 2.45. The van der Waals surface area contributed by atoms with Crippen LogP contribution in [0.1, 0.15) is 5.56 Å². The minimum Gasteiger partial charge on any atom is -0.497 e. The van der Waals surface area contributed by atoms with Crippen LogP contribution in [-0.2, 0) is 6.42 Å². The van der Waals surface area contributed by atoms with Gasteiger partial charge in [0.2, 0.25) is 0 Å². The van der Waals surface area contributed by atoms with Crippen molar-refractivity contribution < 1.29 is 4.74 Å². The number of alkyl halides is 1. The molecule has 0 heterocycles. The van der Waals surface area contributed by atoms with E-state index in [1.54, 1.807) is 7.11 Å². The lowest BCUT2D eigenvalue weighted by Crippen LogP contribution is -2.16. The topological polar surface area (TPSA) is 21.3 Å². The second-order valence-electron chi connectivity index (χ2n) is 3.43. The van der Waals surface area contributed by atoms with Crippen LogP contribution in [-0.4, -0.2) is 26.1 Å². The Labute approximate surface area is 102 Å². The van der Waals surface area contributed by atoms with Gasteiger partial charge in [0.05, 0.1) is 7.11 Å². The fourth-order valence-corrected chi connectivity index (χ4v) is 1.48. The summed E-state index contributed by atoms with van der Waals surface area (Å²) in [6.07, 6.45) is 5.02. The third-order valence-electron chi connectivity index (χ3n) is 2.27. The molecule has 1 aromatic rings. The summed E-state index contributed by atoms with van der Waals surface area (Å²) in [5, 5.41) is 3.32. The van der Waals surface area contributed by atoms with Crippen LogP contribution in [0.3, 0.4) is 0 Å². The molecule has 0 unspecified atom stereocenters. The minimum absolute atomic E-state index is 0.583. The lowest BCUT2D eigenvalue weighted by Gasteiger charge is -2.04. The van der Waals surface area contributed by atoms with Gasteiger partial charge in [0.25, 0.3) is 0 Å². The van der Waals surface area contributed by atoms with E-state index in [1.807, 2.05) is 24.3 Å². The van der Waals surface area contributed by atoms with Crippen LogP contribution in [0.4, 0.5) is 0 Å². The van der Waals surface area contributed by atoms with E-state index < -0.39 is 0 Å². The molecule has 3 heteroatoms. The summed E-state index contributed by atoms with van der Waals surface area (Å²) in [4.78, 5) is 0. The van der Waals surface area contributed by atoms with E-state index in [-0.39, 0.29) is 0 Å². The normalized spacial score (nSPS) is 10.9. The number of hydrogen-bond acceptors (Lipinski definition) is 2. The van der Waals surface area contributed by atoms with E-state index in [2.05, 4.69) is 17.4 Å². The smallest absolute Gasteiger partial charge is 0.118 e. The fourth-order valence-electron chi connectivity index (χ4n) is 1.36. The molecule has 0 saturated carbocycles. The van der Waals surface area contributed by atoms with Gasteiger partial charge in [0, 0.05) is 12.4 Å². The monoisotopic (exact) mass is 239 g/mol. The molecule has 0 amide bonds. The molecule has 0 aliphatic carbocycles. The van der Waals surface area contributed by atoms with Crippen LogP contribution < -0.4 is 10.1 Å². The van der Waals surface area contributed by atoms with Gasteiger partial charge in [-0.25, -0.2) is 0 Å². The highest BCUT2D eigenvalue weighted by molar-refractivity contribution is 6.18. The summed E-state index contributed by atoms with van der Waals surface area (Å²) in [6, 6.07) is 8.16. The lowest BCUT2D eigenvalue weighted by atomic mass is 10.1. The summed E-state index contributed by atoms with van der Waals surface area (Å²) in [7, 11) is 1.68. The number of methoxy groups -OCH3 is 1. The first kappa shape index (κ1) is 13.1. The maximum Gasteiger partial charge on any atom is 0.118 e. The Kier molecular flexibility index (Phi) is 6.70. The Hall–Kier alpha value is -0.990. The van der Waals surface area contributed by atoms with Gasteiger partial charge in [-0.1, -0.05) is 24.3 Å². The van der Waals surface area contributed by atoms with E-state index in [4.69, 9.17) is 16.3 Å². The summed E-state index contributed by atoms with van der Waals surface area (Å²) in [5.74, 6) is 1.49. The molecule has 0 radical (unpaired) electrons. The van der Waals surface area contributed by atoms with Crippen molar-refractivity contribution in [2.75, 3.05) is 26.1 Å². The van der Waals surface area contributed by atoms with Crippen LogP contribution in [0.25, 0.3) is 0 Å². The number of halogens is 1. The van der Waals surface area contributed by atoms with E-state index in [0.717, 1.165) is 25.3 Å². The van der Waals surface area contributed by atoms with Gasteiger partial charge in [-0.3, -0.25) is 0 Å². The highest BCUT2D eigenvalue weighted by Gasteiger charge is 1.93. The number of nitrogens with one attached hydrogen (secondary N) is 1. The predicted molar refractivity (Wildman–Crippen MR) is 69.4 cm³/mol. The van der Waals surface area contributed by atoms with Gasteiger partial charge in [0.1, 0.15) is 5.75 Å². The Morgan fingerprint density at radius 2 is 2.00 bits per heavy atom. The average molecular weight is 240 g/mol. The number of allylic oxidation sites excluding steroid dienone is 1. The van der Waals surface area contributed by atoms with E-state index >= 15 is 0 Å². The van der Waals surface area contributed by atoms with E-state index in [0.29, 0.717) is 5.88 Å². The van der Waals surface area contributed by atoms with Crippen molar-refractivity contribution in [1.29, 1.82) is 0 Å². The summed E-state index contributed by atoms with van der Waals surface area (Å²) < 4.78 is 5.10. The lowest BCUT2D eigenvalue weighted by molar-refractivity contribution is 0.414. The van der Waals surface area contributed by atoms with Crippen LogP contribution >= 0.6 is 11.6 Å². The molecule has 0 spiro atoms. The highest BCUT2D eigenvalue weighted by atomic mass is 35.5. The first-order chi connectivity index (χ1) is 7.86. The van der Waals surface area contributed by atoms with Gasteiger partial charge in [-0.15, -0.1) is 11.6 Å². The molecule has 0 aliphatic rings. The Morgan fingerprint density at radius 3 is 2.62 bits per heavy atom. The van der Waals surface area contributed by atoms with E-state index in [9.17, 15) is 0 Å². The number of ether oxygens (including phenoxy) is 1. The molecular weight excluding hydrogens is 222 g/mol. The average Bonchev–Trinajstić information content (AvgIpc) is 2.34. The zero-order chi connectivity index (χ0) is 11.6. The molecule has 1 aromatic carbocycles. The zero-order valence-corrected chi connectivity index (χ0v) is 10.3. The minimum atomic E-state index is 0.583. The summed E-state index contributed by atoms with van der Waals surface area (Å²) >= 11 is 5.51. The highest BCUT2D eigenvalue weighted by Crippen LogP contribution is 2.11. The van der Waals surface area contributed by atoms with Crippen molar-refractivity contribution in [1.82, 2.24) is 5.32 Å². The van der Waals surface area contributed by atoms with Crippen LogP contribution in [0.5, 0.6) is 5.75 Å². The second kappa shape index (κ2) is 8.20. The van der Waals surface area contributed by atoms with Gasteiger partial charge in [-0.2, -0.15) is 0 Å². The molecule has 88 valence electrons. The Bertz CT molecular complexity index is 308. The number of hydrogen-bond donors (Lipinski definition) is 1. The molecule has 0 atom stereocenters. The van der Waals surface area contributed by atoms with Crippen LogP contribution in [0.15, 0.2) is 36.4 Å². The first-order valence-electron chi connectivity index (χ1n) is 5.41. The first-order valence-corrected chi connectivity index (χ1v) is 5.95.